The lowest BCUT2D eigenvalue weighted by Gasteiger charge is -2.45. The van der Waals surface area contributed by atoms with Gasteiger partial charge < -0.3 is 10.1 Å². The highest BCUT2D eigenvalue weighted by Crippen LogP contribution is 2.45. The first-order valence-electron chi connectivity index (χ1n) is 9.85. The van der Waals surface area contributed by atoms with Gasteiger partial charge >= 0.3 is 0 Å². The summed E-state index contributed by atoms with van der Waals surface area (Å²) in [6, 6.07) is 8.96. The Morgan fingerprint density at radius 2 is 2.15 bits per heavy atom. The molecule has 0 aliphatic carbocycles. The first-order valence-corrected chi connectivity index (χ1v) is 9.85. The van der Waals surface area contributed by atoms with Crippen molar-refractivity contribution in [2.45, 2.75) is 69.9 Å². The van der Waals surface area contributed by atoms with Crippen molar-refractivity contribution in [2.24, 2.45) is 0 Å². The molecule has 1 amide bonds. The van der Waals surface area contributed by atoms with Crippen molar-refractivity contribution in [1.82, 2.24) is 16.2 Å². The molecule has 2 aliphatic rings. The number of benzene rings is 1. The molecule has 3 N–H and O–H groups in total. The number of ether oxygens (including phenoxy) is 1. The Kier molecular flexibility index (Phi) is 6.00. The van der Waals surface area contributed by atoms with E-state index in [2.05, 4.69) is 61.2 Å². The van der Waals surface area contributed by atoms with Crippen LogP contribution < -0.4 is 16.2 Å². The minimum absolute atomic E-state index is 0.148. The molecule has 1 aromatic carbocycles. The van der Waals surface area contributed by atoms with Crippen LogP contribution in [0.25, 0.3) is 0 Å². The fourth-order valence-electron chi connectivity index (χ4n) is 4.63. The maximum absolute atomic E-state index is 12.8. The first kappa shape index (κ1) is 19.3. The van der Waals surface area contributed by atoms with E-state index >= 15 is 0 Å². The van der Waals surface area contributed by atoms with Crippen molar-refractivity contribution in [3.63, 3.8) is 0 Å². The Bertz CT molecular complexity index is 625. The molecule has 2 aliphatic heterocycles. The van der Waals surface area contributed by atoms with Gasteiger partial charge in [0.05, 0.1) is 5.60 Å². The average Bonchev–Trinajstić information content (AvgIpc) is 3.07. The van der Waals surface area contributed by atoms with Crippen molar-refractivity contribution in [2.75, 3.05) is 19.7 Å². The van der Waals surface area contributed by atoms with Crippen LogP contribution in [0.1, 0.15) is 57.1 Å². The molecule has 3 rings (SSSR count). The lowest BCUT2D eigenvalue weighted by molar-refractivity contribution is -0.126. The van der Waals surface area contributed by atoms with Gasteiger partial charge in [0.2, 0.25) is 5.91 Å². The minimum atomic E-state index is -0.208. The standard InChI is InChI=1S/C21H33N3O2/c1-16-6-4-5-7-18(16)21(10-13-26-20(2,3)15-21)14-19(25)22-11-8-17-9-12-23-24-17/h4-7,17,23-24H,8-15H2,1-3H3,(H,22,25). The van der Waals surface area contributed by atoms with E-state index in [4.69, 9.17) is 4.74 Å². The molecule has 0 bridgehead atoms. The summed E-state index contributed by atoms with van der Waals surface area (Å²) in [5.74, 6) is 0.150. The van der Waals surface area contributed by atoms with Crippen molar-refractivity contribution in [3.8, 4) is 0 Å². The predicted octanol–water partition coefficient (Wildman–Crippen LogP) is 2.58. The van der Waals surface area contributed by atoms with E-state index in [1.165, 1.54) is 11.1 Å². The van der Waals surface area contributed by atoms with Gasteiger partial charge in [-0.25, -0.2) is 0 Å². The summed E-state index contributed by atoms with van der Waals surface area (Å²) >= 11 is 0. The number of carbonyl (C=O) groups excluding carboxylic acids is 1. The monoisotopic (exact) mass is 359 g/mol. The van der Waals surface area contributed by atoms with Gasteiger partial charge in [0, 0.05) is 37.6 Å². The maximum Gasteiger partial charge on any atom is 0.220 e. The molecular formula is C21H33N3O2. The highest BCUT2D eigenvalue weighted by molar-refractivity contribution is 5.77. The van der Waals surface area contributed by atoms with Crippen LogP contribution in [0.4, 0.5) is 0 Å². The van der Waals surface area contributed by atoms with Crippen molar-refractivity contribution >= 4 is 5.91 Å². The van der Waals surface area contributed by atoms with Gasteiger partial charge in [-0.2, -0.15) is 0 Å². The van der Waals surface area contributed by atoms with Gasteiger partial charge in [-0.3, -0.25) is 15.6 Å². The summed E-state index contributed by atoms with van der Waals surface area (Å²) < 4.78 is 5.97. The molecule has 2 atom stereocenters. The molecule has 2 heterocycles. The molecule has 5 heteroatoms. The molecule has 2 saturated heterocycles. The van der Waals surface area contributed by atoms with E-state index in [-0.39, 0.29) is 16.9 Å². The van der Waals surface area contributed by atoms with E-state index in [0.29, 0.717) is 19.1 Å². The Labute approximate surface area is 157 Å². The average molecular weight is 360 g/mol. The molecule has 2 fully saturated rings. The van der Waals surface area contributed by atoms with Crippen molar-refractivity contribution in [3.05, 3.63) is 35.4 Å². The van der Waals surface area contributed by atoms with E-state index in [9.17, 15) is 4.79 Å². The Balaban J connectivity index is 1.69. The van der Waals surface area contributed by atoms with Crippen LogP contribution in [0.2, 0.25) is 0 Å². The molecule has 0 saturated carbocycles. The number of aryl methyl sites for hydroxylation is 1. The van der Waals surface area contributed by atoms with Gasteiger partial charge in [-0.15, -0.1) is 0 Å². The number of nitrogens with one attached hydrogen (secondary N) is 3. The quantitative estimate of drug-likeness (QED) is 0.731. The summed E-state index contributed by atoms with van der Waals surface area (Å²) in [7, 11) is 0. The summed E-state index contributed by atoms with van der Waals surface area (Å²) in [5.41, 5.74) is 8.59. The number of hydrogen-bond acceptors (Lipinski definition) is 4. The summed E-state index contributed by atoms with van der Waals surface area (Å²) in [4.78, 5) is 12.8. The Hall–Kier alpha value is -1.43. The Morgan fingerprint density at radius 1 is 1.35 bits per heavy atom. The van der Waals surface area contributed by atoms with E-state index in [1.54, 1.807) is 0 Å². The highest BCUT2D eigenvalue weighted by atomic mass is 16.5. The van der Waals surface area contributed by atoms with Crippen LogP contribution in [0.15, 0.2) is 24.3 Å². The lowest BCUT2D eigenvalue weighted by Crippen LogP contribution is -2.47. The van der Waals surface area contributed by atoms with Crippen molar-refractivity contribution < 1.29 is 9.53 Å². The molecule has 0 aromatic heterocycles. The molecule has 0 radical (unpaired) electrons. The zero-order chi connectivity index (χ0) is 18.6. The fourth-order valence-corrected chi connectivity index (χ4v) is 4.63. The highest BCUT2D eigenvalue weighted by Gasteiger charge is 2.44. The number of hydrazine groups is 1. The van der Waals surface area contributed by atoms with Gasteiger partial charge in [0.15, 0.2) is 0 Å². The second-order valence-electron chi connectivity index (χ2n) is 8.50. The van der Waals surface area contributed by atoms with E-state index in [0.717, 1.165) is 38.8 Å². The molecular weight excluding hydrogens is 326 g/mol. The van der Waals surface area contributed by atoms with E-state index < -0.39 is 0 Å². The van der Waals surface area contributed by atoms with E-state index in [1.807, 2.05) is 0 Å². The third-order valence-electron chi connectivity index (χ3n) is 5.79. The predicted molar refractivity (Wildman–Crippen MR) is 104 cm³/mol. The number of carbonyl (C=O) groups is 1. The third kappa shape index (κ3) is 4.64. The summed E-state index contributed by atoms with van der Waals surface area (Å²) in [6.07, 6.45) is 4.37. The van der Waals surface area contributed by atoms with Crippen LogP contribution >= 0.6 is 0 Å². The molecule has 2 unspecified atom stereocenters. The summed E-state index contributed by atoms with van der Waals surface area (Å²) in [6.45, 7) is 8.85. The van der Waals surface area contributed by atoms with Gasteiger partial charge in [0.25, 0.3) is 0 Å². The SMILES string of the molecule is Cc1ccccc1C1(CC(=O)NCCC2CCNN2)CCOC(C)(C)C1. The zero-order valence-corrected chi connectivity index (χ0v) is 16.4. The molecule has 5 nitrogen and oxygen atoms in total. The largest absolute Gasteiger partial charge is 0.376 e. The van der Waals surface area contributed by atoms with Gasteiger partial charge in [0.1, 0.15) is 0 Å². The number of hydrogen-bond donors (Lipinski definition) is 3. The van der Waals surface area contributed by atoms with Gasteiger partial charge in [-0.1, -0.05) is 24.3 Å². The topological polar surface area (TPSA) is 62.4 Å². The zero-order valence-electron chi connectivity index (χ0n) is 16.4. The van der Waals surface area contributed by atoms with Crippen LogP contribution in [0.5, 0.6) is 0 Å². The smallest absolute Gasteiger partial charge is 0.220 e. The fraction of sp³-hybridized carbons (Fsp3) is 0.667. The second kappa shape index (κ2) is 8.07. The van der Waals surface area contributed by atoms with Crippen LogP contribution in [0, 0.1) is 6.92 Å². The molecule has 0 spiro atoms. The minimum Gasteiger partial charge on any atom is -0.376 e. The Morgan fingerprint density at radius 3 is 2.85 bits per heavy atom. The van der Waals surface area contributed by atoms with Crippen LogP contribution in [-0.2, 0) is 14.9 Å². The van der Waals surface area contributed by atoms with Crippen molar-refractivity contribution in [1.29, 1.82) is 0 Å². The first-order chi connectivity index (χ1) is 12.4. The molecule has 144 valence electrons. The third-order valence-corrected chi connectivity index (χ3v) is 5.79. The molecule has 26 heavy (non-hydrogen) atoms. The van der Waals surface area contributed by atoms with Gasteiger partial charge in [-0.05, 0) is 57.6 Å². The summed E-state index contributed by atoms with van der Waals surface area (Å²) in [5, 5.41) is 3.15. The van der Waals surface area contributed by atoms with Crippen LogP contribution in [0.3, 0.4) is 0 Å². The number of amides is 1. The molecule has 1 aromatic rings. The maximum atomic E-state index is 12.8. The number of rotatable bonds is 6. The lowest BCUT2D eigenvalue weighted by atomic mass is 9.66. The normalized spacial score (nSPS) is 28.0. The van der Waals surface area contributed by atoms with Crippen LogP contribution in [-0.4, -0.2) is 37.2 Å². The second-order valence-corrected chi connectivity index (χ2v) is 8.50.